The van der Waals surface area contributed by atoms with Gasteiger partial charge in [-0.15, -0.1) is 0 Å². The van der Waals surface area contributed by atoms with Crippen LogP contribution >= 0.6 is 0 Å². The number of rotatable bonds is 13. The molecule has 2 N–H and O–H groups in total. The molecule has 1 aliphatic rings. The molecule has 39 heavy (non-hydrogen) atoms. The molecule has 0 bridgehead atoms. The zero-order valence-electron chi connectivity index (χ0n) is 22.3. The van der Waals surface area contributed by atoms with Crippen LogP contribution in [0.15, 0.2) is 83.9 Å². The molecule has 1 heterocycles. The van der Waals surface area contributed by atoms with Gasteiger partial charge in [0, 0.05) is 37.1 Å². The van der Waals surface area contributed by atoms with Crippen LogP contribution in [0.4, 0.5) is 0 Å². The zero-order valence-corrected chi connectivity index (χ0v) is 22.3. The van der Waals surface area contributed by atoms with E-state index in [9.17, 15) is 4.79 Å². The maximum atomic E-state index is 13.7. The van der Waals surface area contributed by atoms with E-state index in [-0.39, 0.29) is 25.7 Å². The summed E-state index contributed by atoms with van der Waals surface area (Å²) in [7, 11) is 3.15. The normalized spacial score (nSPS) is 16.4. The second-order valence-electron chi connectivity index (χ2n) is 9.04. The number of para-hydroxylation sites is 1. The smallest absolute Gasteiger partial charge is 0.252 e. The Morgan fingerprint density at radius 3 is 2.56 bits per heavy atom. The largest absolute Gasteiger partial charge is 0.494 e. The van der Waals surface area contributed by atoms with Gasteiger partial charge in [-0.05, 0) is 35.9 Å². The van der Waals surface area contributed by atoms with Crippen LogP contribution in [-0.4, -0.2) is 56.5 Å². The SMILES string of the molecule is COc1cccc(CNC(=O)[C@@]2(C/C=C/c3ccccc3)COC(c3ccc(OCCCO)cc3)=N2)c1OC. The Labute approximate surface area is 228 Å². The van der Waals surface area contributed by atoms with E-state index < -0.39 is 5.54 Å². The molecular formula is C31H34N2O6. The number of aliphatic hydroxyl groups excluding tert-OH is 1. The summed E-state index contributed by atoms with van der Waals surface area (Å²) in [5, 5.41) is 12.0. The monoisotopic (exact) mass is 530 g/mol. The van der Waals surface area contributed by atoms with Crippen LogP contribution in [0.2, 0.25) is 0 Å². The third-order valence-corrected chi connectivity index (χ3v) is 6.35. The van der Waals surface area contributed by atoms with E-state index in [0.717, 1.165) is 16.7 Å². The highest BCUT2D eigenvalue weighted by Gasteiger charge is 2.43. The second kappa shape index (κ2) is 13.5. The molecule has 8 heteroatoms. The molecule has 0 aliphatic carbocycles. The number of methoxy groups -OCH3 is 2. The summed E-state index contributed by atoms with van der Waals surface area (Å²) < 4.78 is 22.5. The summed E-state index contributed by atoms with van der Waals surface area (Å²) in [4.78, 5) is 18.5. The number of amides is 1. The van der Waals surface area contributed by atoms with E-state index in [2.05, 4.69) is 5.32 Å². The predicted octanol–water partition coefficient (Wildman–Crippen LogP) is 4.40. The molecule has 0 saturated heterocycles. The van der Waals surface area contributed by atoms with Gasteiger partial charge in [-0.25, -0.2) is 4.99 Å². The van der Waals surface area contributed by atoms with E-state index in [0.29, 0.717) is 42.6 Å². The molecule has 3 aromatic carbocycles. The van der Waals surface area contributed by atoms with Crippen LogP contribution in [0.1, 0.15) is 29.5 Å². The molecule has 1 atom stereocenters. The number of hydrogen-bond acceptors (Lipinski definition) is 7. The first-order valence-corrected chi connectivity index (χ1v) is 12.8. The molecule has 4 rings (SSSR count). The standard InChI is InChI=1S/C31H34N2O6/c1-36-27-13-6-12-25(28(27)37-2)21-32-30(35)31(18-7-11-23-9-4-3-5-10-23)22-39-29(33-31)24-14-16-26(17-15-24)38-20-8-19-34/h3-7,9-17,34H,8,18-22H2,1-2H3,(H,32,35)/b11-7+/t31-/m1/s1. The third kappa shape index (κ3) is 6.97. The number of ether oxygens (including phenoxy) is 4. The highest BCUT2D eigenvalue weighted by Crippen LogP contribution is 2.32. The van der Waals surface area contributed by atoms with Crippen molar-refractivity contribution in [2.45, 2.75) is 24.9 Å². The Morgan fingerprint density at radius 2 is 1.85 bits per heavy atom. The summed E-state index contributed by atoms with van der Waals surface area (Å²) in [6, 6.07) is 22.8. The van der Waals surface area contributed by atoms with Gasteiger partial charge in [0.15, 0.2) is 17.0 Å². The van der Waals surface area contributed by atoms with Crippen LogP contribution in [0, 0.1) is 0 Å². The van der Waals surface area contributed by atoms with Crippen molar-refractivity contribution in [1.82, 2.24) is 5.32 Å². The molecule has 0 fully saturated rings. The lowest BCUT2D eigenvalue weighted by Gasteiger charge is -2.22. The molecule has 8 nitrogen and oxygen atoms in total. The van der Waals surface area contributed by atoms with Crippen molar-refractivity contribution in [2.24, 2.45) is 4.99 Å². The molecule has 204 valence electrons. The zero-order chi connectivity index (χ0) is 27.5. The molecule has 0 unspecified atom stereocenters. The minimum absolute atomic E-state index is 0.0796. The van der Waals surface area contributed by atoms with Gasteiger partial charge in [0.05, 0.1) is 20.8 Å². The van der Waals surface area contributed by atoms with E-state index in [4.69, 9.17) is 29.0 Å². The van der Waals surface area contributed by atoms with Gasteiger partial charge >= 0.3 is 0 Å². The van der Waals surface area contributed by atoms with Crippen LogP contribution in [0.25, 0.3) is 6.08 Å². The fraction of sp³-hybridized carbons (Fsp3) is 0.290. The Balaban J connectivity index is 1.55. The van der Waals surface area contributed by atoms with Crippen molar-refractivity contribution >= 4 is 17.9 Å². The van der Waals surface area contributed by atoms with Gasteiger partial charge < -0.3 is 29.4 Å². The Bertz CT molecular complexity index is 1290. The lowest BCUT2D eigenvalue weighted by molar-refractivity contribution is -0.126. The van der Waals surface area contributed by atoms with Gasteiger partial charge in [-0.2, -0.15) is 0 Å². The van der Waals surface area contributed by atoms with E-state index in [1.165, 1.54) is 0 Å². The summed E-state index contributed by atoms with van der Waals surface area (Å²) in [5.74, 6) is 2.01. The van der Waals surface area contributed by atoms with Gasteiger partial charge in [-0.3, -0.25) is 4.79 Å². The maximum absolute atomic E-state index is 13.7. The molecule has 1 aliphatic heterocycles. The molecular weight excluding hydrogens is 496 g/mol. The summed E-state index contributed by atoms with van der Waals surface area (Å²) >= 11 is 0. The number of aliphatic imine (C=N–C) groups is 1. The quantitative estimate of drug-likeness (QED) is 0.318. The highest BCUT2D eigenvalue weighted by atomic mass is 16.5. The van der Waals surface area contributed by atoms with Gasteiger partial charge in [0.2, 0.25) is 5.90 Å². The number of carbonyl (C=O) groups is 1. The first kappa shape index (κ1) is 27.7. The number of benzene rings is 3. The number of nitrogens with one attached hydrogen (secondary N) is 1. The minimum Gasteiger partial charge on any atom is -0.494 e. The van der Waals surface area contributed by atoms with Gasteiger partial charge in [0.25, 0.3) is 5.91 Å². The Morgan fingerprint density at radius 1 is 1.05 bits per heavy atom. The molecule has 0 saturated carbocycles. The topological polar surface area (TPSA) is 98.6 Å². The predicted molar refractivity (Wildman–Crippen MR) is 150 cm³/mol. The molecule has 0 aromatic heterocycles. The highest BCUT2D eigenvalue weighted by molar-refractivity contribution is 6.00. The molecule has 3 aromatic rings. The Hall–Kier alpha value is -4.30. The number of hydrogen-bond donors (Lipinski definition) is 2. The van der Waals surface area contributed by atoms with Crippen LogP contribution in [0.5, 0.6) is 17.2 Å². The van der Waals surface area contributed by atoms with Crippen molar-refractivity contribution < 1.29 is 28.8 Å². The lowest BCUT2D eigenvalue weighted by atomic mass is 9.95. The fourth-order valence-corrected chi connectivity index (χ4v) is 4.24. The van der Waals surface area contributed by atoms with Gasteiger partial charge in [0.1, 0.15) is 12.4 Å². The molecule has 0 radical (unpaired) electrons. The molecule has 0 spiro atoms. The van der Waals surface area contributed by atoms with Crippen LogP contribution in [-0.2, 0) is 16.1 Å². The van der Waals surface area contributed by atoms with Crippen molar-refractivity contribution in [1.29, 1.82) is 0 Å². The van der Waals surface area contributed by atoms with Crippen molar-refractivity contribution in [3.05, 3.63) is 95.6 Å². The number of nitrogens with zero attached hydrogens (tertiary/aromatic N) is 1. The van der Waals surface area contributed by atoms with Crippen molar-refractivity contribution in [3.8, 4) is 17.2 Å². The van der Waals surface area contributed by atoms with Crippen molar-refractivity contribution in [2.75, 3.05) is 34.0 Å². The lowest BCUT2D eigenvalue weighted by Crippen LogP contribution is -2.46. The molecule has 1 amide bonds. The maximum Gasteiger partial charge on any atom is 0.252 e. The van der Waals surface area contributed by atoms with Crippen LogP contribution < -0.4 is 19.5 Å². The van der Waals surface area contributed by atoms with E-state index in [1.54, 1.807) is 14.2 Å². The summed E-state index contributed by atoms with van der Waals surface area (Å²) in [5.41, 5.74) is 1.44. The fourth-order valence-electron chi connectivity index (χ4n) is 4.24. The second-order valence-corrected chi connectivity index (χ2v) is 9.04. The van der Waals surface area contributed by atoms with Crippen molar-refractivity contribution in [3.63, 3.8) is 0 Å². The van der Waals surface area contributed by atoms with Gasteiger partial charge in [-0.1, -0.05) is 54.6 Å². The summed E-state index contributed by atoms with van der Waals surface area (Å²) in [6.45, 7) is 0.865. The first-order chi connectivity index (χ1) is 19.1. The number of aliphatic hydroxyl groups is 1. The minimum atomic E-state index is -1.14. The summed E-state index contributed by atoms with van der Waals surface area (Å²) in [6.07, 6.45) is 4.85. The average molecular weight is 531 g/mol. The van der Waals surface area contributed by atoms with E-state index in [1.807, 2.05) is 84.9 Å². The third-order valence-electron chi connectivity index (χ3n) is 6.35. The van der Waals surface area contributed by atoms with E-state index >= 15 is 0 Å². The van der Waals surface area contributed by atoms with Crippen LogP contribution in [0.3, 0.4) is 0 Å². The Kier molecular flexibility index (Phi) is 9.58. The first-order valence-electron chi connectivity index (χ1n) is 12.8. The average Bonchev–Trinajstić information content (AvgIpc) is 3.42. The number of carbonyl (C=O) groups excluding carboxylic acids is 1.